The number of fused-ring (bicyclic) bond motifs is 1. The van der Waals surface area contributed by atoms with E-state index in [9.17, 15) is 9.59 Å². The maximum absolute atomic E-state index is 12.3. The molecule has 1 N–H and O–H groups in total. The topological polar surface area (TPSA) is 58.6 Å². The van der Waals surface area contributed by atoms with Gasteiger partial charge in [0.05, 0.1) is 13.2 Å². The van der Waals surface area contributed by atoms with Crippen molar-refractivity contribution < 1.29 is 14.3 Å². The monoisotopic (exact) mass is 240 g/mol. The molecule has 3 atom stereocenters. The molecule has 2 aliphatic rings. The van der Waals surface area contributed by atoms with Crippen molar-refractivity contribution in [2.24, 2.45) is 0 Å². The van der Waals surface area contributed by atoms with Crippen LogP contribution in [0.2, 0.25) is 0 Å². The molecule has 96 valence electrons. The van der Waals surface area contributed by atoms with E-state index in [2.05, 4.69) is 5.32 Å². The van der Waals surface area contributed by atoms with Gasteiger partial charge < -0.3 is 15.0 Å². The number of carbonyl (C=O) groups is 2. The summed E-state index contributed by atoms with van der Waals surface area (Å²) >= 11 is 0. The van der Waals surface area contributed by atoms with Crippen molar-refractivity contribution in [1.29, 1.82) is 0 Å². The predicted octanol–water partition coefficient (Wildman–Crippen LogP) is 0.291. The molecule has 0 spiro atoms. The Morgan fingerprint density at radius 1 is 1.35 bits per heavy atom. The number of nitrogens with zero attached hydrogens (tertiary/aromatic N) is 1. The molecule has 2 rings (SSSR count). The number of nitrogens with one attached hydrogen (secondary N) is 1. The van der Waals surface area contributed by atoms with Crippen molar-refractivity contribution in [2.45, 2.75) is 50.2 Å². The van der Waals surface area contributed by atoms with E-state index in [1.165, 1.54) is 7.11 Å². The molecule has 2 fully saturated rings. The maximum Gasteiger partial charge on any atom is 0.328 e. The van der Waals surface area contributed by atoms with Gasteiger partial charge in [0, 0.05) is 6.04 Å². The molecule has 2 saturated heterocycles. The molecule has 5 heteroatoms. The number of hydrogen-bond donors (Lipinski definition) is 1. The van der Waals surface area contributed by atoms with Crippen molar-refractivity contribution in [2.75, 3.05) is 14.2 Å². The Bertz CT molecular complexity index is 319. The minimum atomic E-state index is -0.369. The molecule has 0 aromatic rings. The average Bonchev–Trinajstić information content (AvgIpc) is 2.70. The van der Waals surface area contributed by atoms with Gasteiger partial charge in [-0.15, -0.1) is 0 Å². The zero-order valence-electron chi connectivity index (χ0n) is 10.4. The van der Waals surface area contributed by atoms with E-state index in [-0.39, 0.29) is 30.0 Å². The Balaban J connectivity index is 2.20. The minimum absolute atomic E-state index is 0.0582. The van der Waals surface area contributed by atoms with E-state index in [1.807, 2.05) is 0 Å². The molecular weight excluding hydrogens is 220 g/mol. The van der Waals surface area contributed by atoms with Crippen LogP contribution in [0.5, 0.6) is 0 Å². The molecular formula is C12H20N2O3. The second-order valence-electron chi connectivity index (χ2n) is 4.79. The molecule has 0 bridgehead atoms. The highest BCUT2D eigenvalue weighted by Crippen LogP contribution is 2.32. The lowest BCUT2D eigenvalue weighted by molar-refractivity contribution is -0.152. The summed E-state index contributed by atoms with van der Waals surface area (Å²) in [6, 6.07) is -0.290. The highest BCUT2D eigenvalue weighted by Gasteiger charge is 2.44. The average molecular weight is 240 g/mol. The lowest BCUT2D eigenvalue weighted by Crippen LogP contribution is -2.51. The second kappa shape index (κ2) is 5.04. The first kappa shape index (κ1) is 12.4. The van der Waals surface area contributed by atoms with Crippen LogP contribution in [0.1, 0.15) is 32.1 Å². The van der Waals surface area contributed by atoms with Crippen molar-refractivity contribution >= 4 is 11.9 Å². The summed E-state index contributed by atoms with van der Waals surface area (Å²) in [7, 11) is 3.18. The van der Waals surface area contributed by atoms with Crippen LogP contribution in [0.15, 0.2) is 0 Å². The fraction of sp³-hybridized carbons (Fsp3) is 0.833. The fourth-order valence-electron chi connectivity index (χ4n) is 3.00. The first-order chi connectivity index (χ1) is 8.19. The third-order valence-corrected chi connectivity index (χ3v) is 3.91. The molecule has 2 unspecified atom stereocenters. The fourth-order valence-corrected chi connectivity index (χ4v) is 3.00. The summed E-state index contributed by atoms with van der Waals surface area (Å²) in [6.07, 6.45) is 4.54. The molecule has 0 aromatic carbocycles. The Kier molecular flexibility index (Phi) is 3.66. The molecule has 0 aromatic heterocycles. The molecule has 1 amide bonds. The molecule has 0 aliphatic carbocycles. The van der Waals surface area contributed by atoms with E-state index in [0.29, 0.717) is 0 Å². The highest BCUT2D eigenvalue weighted by atomic mass is 16.5. The zero-order valence-corrected chi connectivity index (χ0v) is 10.4. The van der Waals surface area contributed by atoms with Crippen molar-refractivity contribution in [3.63, 3.8) is 0 Å². The van der Waals surface area contributed by atoms with Gasteiger partial charge >= 0.3 is 5.97 Å². The van der Waals surface area contributed by atoms with Crippen molar-refractivity contribution in [3.8, 4) is 0 Å². The lowest BCUT2D eigenvalue weighted by atomic mass is 10.1. The Morgan fingerprint density at radius 2 is 2.12 bits per heavy atom. The quantitative estimate of drug-likeness (QED) is 0.705. The second-order valence-corrected chi connectivity index (χ2v) is 4.79. The van der Waals surface area contributed by atoms with Crippen molar-refractivity contribution in [3.05, 3.63) is 0 Å². The third kappa shape index (κ3) is 2.16. The van der Waals surface area contributed by atoms with E-state index >= 15 is 0 Å². The van der Waals surface area contributed by atoms with Gasteiger partial charge in [-0.1, -0.05) is 0 Å². The van der Waals surface area contributed by atoms with Gasteiger partial charge in [0.2, 0.25) is 5.91 Å². The van der Waals surface area contributed by atoms with Crippen LogP contribution < -0.4 is 5.32 Å². The summed E-state index contributed by atoms with van der Waals surface area (Å²) in [5.74, 6) is -0.222. The van der Waals surface area contributed by atoms with Crippen molar-refractivity contribution in [1.82, 2.24) is 10.2 Å². The van der Waals surface area contributed by atoms with Crippen LogP contribution in [0, 0.1) is 0 Å². The number of ether oxygens (including phenoxy) is 1. The standard InChI is InChI=1S/C12H20N2O3/c1-13-9-5-3-4-8-6-7-10(12(16)17-2)14(8)11(9)15/h8-10,13H,3-7H2,1-2H3/t8?,9-,10?/m0/s1. The van der Waals surface area contributed by atoms with E-state index < -0.39 is 0 Å². The van der Waals surface area contributed by atoms with Gasteiger partial charge in [-0.25, -0.2) is 4.79 Å². The first-order valence-corrected chi connectivity index (χ1v) is 6.26. The highest BCUT2D eigenvalue weighted by molar-refractivity contribution is 5.88. The zero-order chi connectivity index (χ0) is 12.4. The first-order valence-electron chi connectivity index (χ1n) is 6.26. The van der Waals surface area contributed by atoms with Crippen LogP contribution in [-0.2, 0) is 14.3 Å². The third-order valence-electron chi connectivity index (χ3n) is 3.91. The maximum atomic E-state index is 12.3. The van der Waals surface area contributed by atoms with Gasteiger partial charge in [-0.3, -0.25) is 4.79 Å². The smallest absolute Gasteiger partial charge is 0.328 e. The molecule has 0 saturated carbocycles. The number of methoxy groups -OCH3 is 1. The number of carbonyl (C=O) groups excluding carboxylic acids is 2. The van der Waals surface area contributed by atoms with Gasteiger partial charge in [-0.2, -0.15) is 0 Å². The van der Waals surface area contributed by atoms with Gasteiger partial charge in [0.25, 0.3) is 0 Å². The number of likely N-dealkylation sites (N-methyl/N-ethyl adjacent to an activating group) is 1. The minimum Gasteiger partial charge on any atom is -0.467 e. The van der Waals surface area contributed by atoms with Crippen LogP contribution in [0.25, 0.3) is 0 Å². The molecule has 2 aliphatic heterocycles. The molecule has 2 heterocycles. The number of rotatable bonds is 2. The normalized spacial score (nSPS) is 33.2. The van der Waals surface area contributed by atoms with Crippen LogP contribution >= 0.6 is 0 Å². The lowest BCUT2D eigenvalue weighted by Gasteiger charge is -2.29. The van der Waals surface area contributed by atoms with Gasteiger partial charge in [0.1, 0.15) is 6.04 Å². The van der Waals surface area contributed by atoms with E-state index in [1.54, 1.807) is 11.9 Å². The summed E-state index contributed by atoms with van der Waals surface area (Å²) in [5.41, 5.74) is 0. The Morgan fingerprint density at radius 3 is 2.76 bits per heavy atom. The molecule has 17 heavy (non-hydrogen) atoms. The van der Waals surface area contributed by atoms with Crippen LogP contribution in [0.4, 0.5) is 0 Å². The van der Waals surface area contributed by atoms with E-state index in [0.717, 1.165) is 32.1 Å². The summed E-state index contributed by atoms with van der Waals surface area (Å²) in [6.45, 7) is 0. The largest absolute Gasteiger partial charge is 0.467 e. The number of esters is 1. The summed E-state index contributed by atoms with van der Waals surface area (Å²) in [5, 5.41) is 3.04. The Hall–Kier alpha value is -1.10. The predicted molar refractivity (Wildman–Crippen MR) is 62.4 cm³/mol. The van der Waals surface area contributed by atoms with Gasteiger partial charge in [-0.05, 0) is 39.2 Å². The Labute approximate surface area is 101 Å². The van der Waals surface area contributed by atoms with Gasteiger partial charge in [0.15, 0.2) is 0 Å². The number of amides is 1. The summed E-state index contributed by atoms with van der Waals surface area (Å²) in [4.78, 5) is 25.8. The number of hydrogen-bond acceptors (Lipinski definition) is 4. The van der Waals surface area contributed by atoms with E-state index in [4.69, 9.17) is 4.74 Å². The van der Waals surface area contributed by atoms with Crippen LogP contribution in [0.3, 0.4) is 0 Å². The molecule has 0 radical (unpaired) electrons. The van der Waals surface area contributed by atoms with Crippen LogP contribution in [-0.4, -0.2) is 49.1 Å². The SMILES string of the molecule is CN[C@H]1CCCC2CCC(C(=O)OC)N2C1=O. The summed E-state index contributed by atoms with van der Waals surface area (Å²) < 4.78 is 4.79. The molecule has 5 nitrogen and oxygen atoms in total.